The van der Waals surface area contributed by atoms with E-state index in [-0.39, 0.29) is 17.4 Å². The summed E-state index contributed by atoms with van der Waals surface area (Å²) in [7, 11) is 0. The molecule has 0 radical (unpaired) electrons. The highest BCUT2D eigenvalue weighted by Crippen LogP contribution is 2.27. The van der Waals surface area contributed by atoms with E-state index in [0.717, 1.165) is 48.5 Å². The Hall–Kier alpha value is -2.04. The first-order valence-corrected chi connectivity index (χ1v) is 7.89. The van der Waals surface area contributed by atoms with Crippen molar-refractivity contribution in [2.24, 2.45) is 0 Å². The summed E-state index contributed by atoms with van der Waals surface area (Å²) >= 11 is 0. The van der Waals surface area contributed by atoms with Gasteiger partial charge in [0, 0.05) is 17.6 Å². The van der Waals surface area contributed by atoms with Crippen LogP contribution in [0.5, 0.6) is 0 Å². The fraction of sp³-hybridized carbons (Fsp3) is 0.529. The van der Waals surface area contributed by atoms with Crippen LogP contribution < -0.4 is 10.6 Å². The van der Waals surface area contributed by atoms with Gasteiger partial charge in [-0.3, -0.25) is 4.79 Å². The first kappa shape index (κ1) is 14.9. The molecular formula is C17H23N3O2. The van der Waals surface area contributed by atoms with E-state index >= 15 is 0 Å². The van der Waals surface area contributed by atoms with Crippen molar-refractivity contribution in [1.29, 1.82) is 0 Å². The quantitative estimate of drug-likeness (QED) is 0.894. The van der Waals surface area contributed by atoms with Crippen molar-refractivity contribution >= 4 is 22.7 Å². The lowest BCUT2D eigenvalue weighted by Crippen LogP contribution is -2.37. The lowest BCUT2D eigenvalue weighted by Gasteiger charge is -2.16. The Morgan fingerprint density at radius 3 is 2.91 bits per heavy atom. The fourth-order valence-electron chi connectivity index (χ4n) is 2.62. The van der Waals surface area contributed by atoms with Crippen LogP contribution in [0.3, 0.4) is 0 Å². The second-order valence-electron chi connectivity index (χ2n) is 6.94. The maximum Gasteiger partial charge on any atom is 0.242 e. The van der Waals surface area contributed by atoms with Crippen molar-refractivity contribution in [3.63, 3.8) is 0 Å². The van der Waals surface area contributed by atoms with Crippen LogP contribution >= 0.6 is 0 Å². The number of carbonyl (C=O) groups excluding carboxylic acids is 1. The average Bonchev–Trinajstić information content (AvgIpc) is 2.79. The zero-order chi connectivity index (χ0) is 15.7. The predicted molar refractivity (Wildman–Crippen MR) is 87.0 cm³/mol. The molecule has 1 atom stereocenters. The second-order valence-corrected chi connectivity index (χ2v) is 6.94. The molecule has 0 unspecified atom stereocenters. The first-order valence-electron chi connectivity index (χ1n) is 7.89. The molecule has 22 heavy (non-hydrogen) atoms. The molecule has 5 heteroatoms. The number of hydrogen-bond acceptors (Lipinski definition) is 4. The van der Waals surface area contributed by atoms with Crippen LogP contribution in [0, 0.1) is 0 Å². The van der Waals surface area contributed by atoms with E-state index in [2.05, 4.69) is 36.4 Å². The van der Waals surface area contributed by atoms with Crippen molar-refractivity contribution in [3.8, 4) is 0 Å². The summed E-state index contributed by atoms with van der Waals surface area (Å²) in [6.07, 6.45) is 2.95. The van der Waals surface area contributed by atoms with Gasteiger partial charge >= 0.3 is 0 Å². The zero-order valence-electron chi connectivity index (χ0n) is 13.4. The molecule has 2 N–H and O–H groups in total. The zero-order valence-corrected chi connectivity index (χ0v) is 13.4. The third kappa shape index (κ3) is 3.08. The van der Waals surface area contributed by atoms with Crippen LogP contribution in [0.25, 0.3) is 11.1 Å². The molecule has 1 aromatic carbocycles. The van der Waals surface area contributed by atoms with Gasteiger partial charge in [0.1, 0.15) is 11.6 Å². The molecule has 0 spiro atoms. The molecule has 2 heterocycles. The van der Waals surface area contributed by atoms with Crippen molar-refractivity contribution in [3.05, 3.63) is 24.1 Å². The highest BCUT2D eigenvalue weighted by atomic mass is 16.3. The van der Waals surface area contributed by atoms with Crippen LogP contribution in [-0.4, -0.2) is 23.5 Å². The fourth-order valence-corrected chi connectivity index (χ4v) is 2.62. The second kappa shape index (κ2) is 5.63. The Labute approximate surface area is 130 Å². The highest BCUT2D eigenvalue weighted by Gasteiger charge is 2.22. The Kier molecular flexibility index (Phi) is 3.81. The number of benzene rings is 1. The van der Waals surface area contributed by atoms with Gasteiger partial charge in [-0.25, -0.2) is 4.98 Å². The number of nitrogens with one attached hydrogen (secondary N) is 2. The minimum atomic E-state index is -0.172. The van der Waals surface area contributed by atoms with Crippen LogP contribution in [0.4, 0.5) is 5.69 Å². The molecular weight excluding hydrogens is 278 g/mol. The molecule has 0 bridgehead atoms. The van der Waals surface area contributed by atoms with Gasteiger partial charge in [-0.1, -0.05) is 20.8 Å². The molecule has 1 aliphatic rings. The summed E-state index contributed by atoms with van der Waals surface area (Å²) in [5.41, 5.74) is 2.39. The third-order valence-electron chi connectivity index (χ3n) is 3.91. The van der Waals surface area contributed by atoms with E-state index in [1.807, 2.05) is 18.2 Å². The van der Waals surface area contributed by atoms with Gasteiger partial charge in [0.2, 0.25) is 11.8 Å². The minimum absolute atomic E-state index is 0.0770. The van der Waals surface area contributed by atoms with Crippen LogP contribution in [0.15, 0.2) is 22.6 Å². The Morgan fingerprint density at radius 1 is 1.32 bits per heavy atom. The molecule has 1 aliphatic heterocycles. The summed E-state index contributed by atoms with van der Waals surface area (Å²) in [5, 5.41) is 6.26. The van der Waals surface area contributed by atoms with Gasteiger partial charge in [-0.2, -0.15) is 0 Å². The Balaban J connectivity index is 1.83. The van der Waals surface area contributed by atoms with Gasteiger partial charge in [0.25, 0.3) is 0 Å². The summed E-state index contributed by atoms with van der Waals surface area (Å²) in [6, 6.07) is 5.63. The van der Waals surface area contributed by atoms with E-state index in [9.17, 15) is 4.79 Å². The summed E-state index contributed by atoms with van der Waals surface area (Å²) in [4.78, 5) is 16.6. The summed E-state index contributed by atoms with van der Waals surface area (Å²) in [5.74, 6) is 0.806. The molecule has 118 valence electrons. The smallest absolute Gasteiger partial charge is 0.242 e. The lowest BCUT2D eigenvalue weighted by molar-refractivity contribution is -0.121. The molecule has 3 rings (SSSR count). The lowest BCUT2D eigenvalue weighted by atomic mass is 9.97. The van der Waals surface area contributed by atoms with Crippen LogP contribution in [0.2, 0.25) is 0 Å². The summed E-state index contributed by atoms with van der Waals surface area (Å²) in [6.45, 7) is 7.00. The molecule has 2 aromatic rings. The van der Waals surface area contributed by atoms with E-state index < -0.39 is 0 Å². The SMILES string of the molecule is CC(C)(C)c1nc2cc(N[C@@H]3CCCCNC3=O)ccc2o1. The Bertz CT molecular complexity index is 685. The largest absolute Gasteiger partial charge is 0.440 e. The normalized spacial score (nSPS) is 19.8. The van der Waals surface area contributed by atoms with E-state index in [1.165, 1.54) is 0 Å². The number of rotatable bonds is 2. The van der Waals surface area contributed by atoms with Crippen LogP contribution in [0.1, 0.15) is 45.9 Å². The van der Waals surface area contributed by atoms with Crippen LogP contribution in [-0.2, 0) is 10.2 Å². The molecule has 1 fully saturated rings. The van der Waals surface area contributed by atoms with Crippen molar-refractivity contribution < 1.29 is 9.21 Å². The number of hydrogen-bond donors (Lipinski definition) is 2. The van der Waals surface area contributed by atoms with Gasteiger partial charge < -0.3 is 15.1 Å². The topological polar surface area (TPSA) is 67.2 Å². The maximum atomic E-state index is 12.0. The number of amides is 1. The van der Waals surface area contributed by atoms with Crippen molar-refractivity contribution in [2.75, 3.05) is 11.9 Å². The van der Waals surface area contributed by atoms with Gasteiger partial charge in [0.05, 0.1) is 0 Å². The third-order valence-corrected chi connectivity index (χ3v) is 3.91. The monoisotopic (exact) mass is 301 g/mol. The highest BCUT2D eigenvalue weighted by molar-refractivity contribution is 5.86. The van der Waals surface area contributed by atoms with Crippen molar-refractivity contribution in [2.45, 2.75) is 51.5 Å². The molecule has 1 amide bonds. The number of fused-ring (bicyclic) bond motifs is 1. The standard InChI is InChI=1S/C17H23N3O2/c1-17(2,3)16-20-13-10-11(7-8-14(13)22-16)19-12-6-4-5-9-18-15(12)21/h7-8,10,12,19H,4-6,9H2,1-3H3,(H,18,21)/t12-/m1/s1. The molecule has 1 saturated heterocycles. The van der Waals surface area contributed by atoms with E-state index in [0.29, 0.717) is 0 Å². The average molecular weight is 301 g/mol. The van der Waals surface area contributed by atoms with E-state index in [4.69, 9.17) is 4.42 Å². The van der Waals surface area contributed by atoms with Gasteiger partial charge in [0.15, 0.2) is 5.58 Å². The first-order chi connectivity index (χ1) is 10.4. The molecule has 0 aliphatic carbocycles. The number of oxazole rings is 1. The number of carbonyl (C=O) groups is 1. The minimum Gasteiger partial charge on any atom is -0.440 e. The Morgan fingerprint density at radius 2 is 2.14 bits per heavy atom. The van der Waals surface area contributed by atoms with Crippen molar-refractivity contribution in [1.82, 2.24) is 10.3 Å². The predicted octanol–water partition coefficient (Wildman–Crippen LogP) is 3.21. The summed E-state index contributed by atoms with van der Waals surface area (Å²) < 4.78 is 5.80. The number of anilines is 1. The number of aromatic nitrogens is 1. The molecule has 5 nitrogen and oxygen atoms in total. The molecule has 0 saturated carbocycles. The maximum absolute atomic E-state index is 12.0. The van der Waals surface area contributed by atoms with E-state index in [1.54, 1.807) is 0 Å². The van der Waals surface area contributed by atoms with Gasteiger partial charge in [-0.05, 0) is 37.5 Å². The molecule has 1 aromatic heterocycles. The van der Waals surface area contributed by atoms with Gasteiger partial charge in [-0.15, -0.1) is 0 Å². The number of nitrogens with zero attached hydrogens (tertiary/aromatic N) is 1.